The quantitative estimate of drug-likeness (QED) is 0.675. The Balaban J connectivity index is 2.08. The van der Waals surface area contributed by atoms with Crippen molar-refractivity contribution in [2.45, 2.75) is 6.10 Å². The Hall–Kier alpha value is -3.01. The molecule has 22 heavy (non-hydrogen) atoms. The third kappa shape index (κ3) is 1.67. The zero-order valence-corrected chi connectivity index (χ0v) is 11.6. The highest BCUT2D eigenvalue weighted by Gasteiger charge is 2.37. The minimum absolute atomic E-state index is 0.216. The number of hydrogen-bond acceptors (Lipinski definition) is 4. The van der Waals surface area contributed by atoms with Crippen LogP contribution in [0, 0.1) is 0 Å². The molecule has 1 aliphatic rings. The summed E-state index contributed by atoms with van der Waals surface area (Å²) in [5, 5.41) is 13.6. The maximum atomic E-state index is 12.3. The fourth-order valence-electron chi connectivity index (χ4n) is 3.00. The highest BCUT2D eigenvalue weighted by molar-refractivity contribution is 6.09. The summed E-state index contributed by atoms with van der Waals surface area (Å²) in [5.41, 5.74) is 6.31. The van der Waals surface area contributed by atoms with Gasteiger partial charge in [0.05, 0.1) is 0 Å². The summed E-state index contributed by atoms with van der Waals surface area (Å²) in [4.78, 5) is 12.3. The van der Waals surface area contributed by atoms with E-state index in [9.17, 15) is 9.90 Å². The van der Waals surface area contributed by atoms with Crippen molar-refractivity contribution in [3.8, 4) is 0 Å². The molecule has 1 atom stereocenters. The molecule has 3 N–H and O–H groups in total. The summed E-state index contributed by atoms with van der Waals surface area (Å²) in [6, 6.07) is 17.7. The molecule has 0 unspecified atom stereocenters. The molecule has 4 rings (SSSR count). The van der Waals surface area contributed by atoms with Gasteiger partial charge >= 0.3 is 0 Å². The highest BCUT2D eigenvalue weighted by atomic mass is 16.5. The van der Waals surface area contributed by atoms with Gasteiger partial charge in [0.25, 0.3) is 0 Å². The molecule has 0 spiro atoms. The van der Waals surface area contributed by atoms with Gasteiger partial charge in [-0.3, -0.25) is 4.79 Å². The SMILES string of the molecule is NC1=C(O)C(=O)[C@H](c2c3ccccc3cc3ccccc23)O1. The number of carbonyl (C=O) groups excluding carboxylic acids is 1. The monoisotopic (exact) mass is 291 g/mol. The lowest BCUT2D eigenvalue weighted by atomic mass is 9.92. The molecule has 3 aromatic rings. The fraction of sp³-hybridized carbons (Fsp3) is 0.0556. The van der Waals surface area contributed by atoms with Crippen LogP contribution >= 0.6 is 0 Å². The standard InChI is InChI=1S/C18H13NO3/c19-18-16(21)15(20)17(22-18)14-12-7-3-1-5-10(12)9-11-6-2-4-8-13(11)14/h1-9,17,21H,19H2/t17-/m0/s1. The van der Waals surface area contributed by atoms with Crippen LogP contribution in [0.15, 0.2) is 66.2 Å². The number of ketones is 1. The van der Waals surface area contributed by atoms with Gasteiger partial charge in [0, 0.05) is 5.56 Å². The molecule has 0 saturated carbocycles. The zero-order chi connectivity index (χ0) is 15.3. The van der Waals surface area contributed by atoms with Crippen LogP contribution in [-0.4, -0.2) is 10.9 Å². The Morgan fingerprint density at radius 2 is 1.50 bits per heavy atom. The van der Waals surface area contributed by atoms with E-state index in [-0.39, 0.29) is 5.88 Å². The van der Waals surface area contributed by atoms with E-state index in [1.807, 2.05) is 48.5 Å². The average molecular weight is 291 g/mol. The van der Waals surface area contributed by atoms with E-state index < -0.39 is 17.6 Å². The van der Waals surface area contributed by atoms with Crippen molar-refractivity contribution in [2.75, 3.05) is 0 Å². The lowest BCUT2D eigenvalue weighted by molar-refractivity contribution is -0.123. The van der Waals surface area contributed by atoms with Crippen LogP contribution in [0.3, 0.4) is 0 Å². The van der Waals surface area contributed by atoms with Crippen LogP contribution in [-0.2, 0) is 9.53 Å². The van der Waals surface area contributed by atoms with Gasteiger partial charge in [-0.15, -0.1) is 0 Å². The topological polar surface area (TPSA) is 72.5 Å². The largest absolute Gasteiger partial charge is 0.501 e. The molecule has 1 aliphatic heterocycles. The van der Waals surface area contributed by atoms with Gasteiger partial charge in [-0.2, -0.15) is 0 Å². The van der Waals surface area contributed by atoms with Crippen LogP contribution in [0.5, 0.6) is 0 Å². The third-order valence-corrected chi connectivity index (χ3v) is 4.02. The number of ether oxygens (including phenoxy) is 1. The van der Waals surface area contributed by atoms with Crippen molar-refractivity contribution in [2.24, 2.45) is 5.73 Å². The van der Waals surface area contributed by atoms with E-state index in [1.165, 1.54) is 0 Å². The summed E-state index contributed by atoms with van der Waals surface area (Å²) in [6.45, 7) is 0. The number of Topliss-reactive ketones (excluding diaryl/α,β-unsaturated/α-hetero) is 1. The van der Waals surface area contributed by atoms with Gasteiger partial charge in [0.15, 0.2) is 6.10 Å². The number of rotatable bonds is 1. The molecule has 4 heteroatoms. The second-order valence-corrected chi connectivity index (χ2v) is 5.31. The third-order valence-electron chi connectivity index (χ3n) is 4.02. The Morgan fingerprint density at radius 3 is 2.00 bits per heavy atom. The van der Waals surface area contributed by atoms with Crippen molar-refractivity contribution in [1.82, 2.24) is 0 Å². The highest BCUT2D eigenvalue weighted by Crippen LogP contribution is 2.38. The summed E-state index contributed by atoms with van der Waals surface area (Å²) in [7, 11) is 0. The normalized spacial score (nSPS) is 18.2. The molecule has 3 aromatic carbocycles. The predicted octanol–water partition coefficient (Wildman–Crippen LogP) is 3.32. The number of hydrogen-bond donors (Lipinski definition) is 2. The summed E-state index contributed by atoms with van der Waals surface area (Å²) < 4.78 is 5.45. The smallest absolute Gasteiger partial charge is 0.247 e. The van der Waals surface area contributed by atoms with Crippen molar-refractivity contribution >= 4 is 27.3 Å². The fourth-order valence-corrected chi connectivity index (χ4v) is 3.00. The van der Waals surface area contributed by atoms with Crippen LogP contribution in [0.2, 0.25) is 0 Å². The van der Waals surface area contributed by atoms with E-state index in [1.54, 1.807) is 0 Å². The molecule has 0 amide bonds. The molecule has 1 heterocycles. The average Bonchev–Trinajstić information content (AvgIpc) is 2.80. The van der Waals surface area contributed by atoms with Crippen LogP contribution in [0.25, 0.3) is 21.5 Å². The first-order valence-electron chi connectivity index (χ1n) is 6.97. The lowest BCUT2D eigenvalue weighted by Crippen LogP contribution is -2.11. The molecule has 4 nitrogen and oxygen atoms in total. The molecular weight excluding hydrogens is 278 g/mol. The van der Waals surface area contributed by atoms with Gasteiger partial charge in [-0.1, -0.05) is 48.5 Å². The van der Waals surface area contributed by atoms with Gasteiger partial charge < -0.3 is 15.6 Å². The summed E-state index contributed by atoms with van der Waals surface area (Å²) in [5.74, 6) is -1.21. The minimum atomic E-state index is -0.906. The Bertz CT molecular complexity index is 905. The van der Waals surface area contributed by atoms with Crippen molar-refractivity contribution < 1.29 is 14.6 Å². The molecule has 0 aromatic heterocycles. The number of benzene rings is 3. The maximum absolute atomic E-state index is 12.3. The van der Waals surface area contributed by atoms with Crippen LogP contribution in [0.4, 0.5) is 0 Å². The number of nitrogens with two attached hydrogens (primary N) is 1. The van der Waals surface area contributed by atoms with E-state index in [4.69, 9.17) is 10.5 Å². The number of carbonyl (C=O) groups is 1. The van der Waals surface area contributed by atoms with Crippen molar-refractivity contribution in [1.29, 1.82) is 0 Å². The van der Waals surface area contributed by atoms with Gasteiger partial charge in [0.1, 0.15) is 0 Å². The van der Waals surface area contributed by atoms with Crippen molar-refractivity contribution in [3.63, 3.8) is 0 Å². The summed E-state index contributed by atoms with van der Waals surface area (Å²) >= 11 is 0. The van der Waals surface area contributed by atoms with Crippen molar-refractivity contribution in [3.05, 3.63) is 71.8 Å². The van der Waals surface area contributed by atoms with Gasteiger partial charge in [-0.25, -0.2) is 0 Å². The second-order valence-electron chi connectivity index (χ2n) is 5.31. The molecule has 0 bridgehead atoms. The molecule has 108 valence electrons. The number of aliphatic hydroxyl groups excluding tert-OH is 1. The Kier molecular flexibility index (Phi) is 2.60. The molecule has 0 aliphatic carbocycles. The summed E-state index contributed by atoms with van der Waals surface area (Å²) in [6.07, 6.45) is -0.906. The van der Waals surface area contributed by atoms with E-state index in [2.05, 4.69) is 6.07 Å². The first-order valence-corrected chi connectivity index (χ1v) is 6.97. The predicted molar refractivity (Wildman–Crippen MR) is 84.1 cm³/mol. The zero-order valence-electron chi connectivity index (χ0n) is 11.6. The molecule has 0 radical (unpaired) electrons. The minimum Gasteiger partial charge on any atom is -0.501 e. The van der Waals surface area contributed by atoms with Crippen LogP contribution in [0.1, 0.15) is 11.7 Å². The van der Waals surface area contributed by atoms with Gasteiger partial charge in [-0.05, 0) is 27.6 Å². The lowest BCUT2D eigenvalue weighted by Gasteiger charge is -2.16. The number of fused-ring (bicyclic) bond motifs is 2. The molecule has 0 saturated heterocycles. The number of aliphatic hydroxyl groups is 1. The second kappa shape index (κ2) is 4.49. The first kappa shape index (κ1) is 12.7. The van der Waals surface area contributed by atoms with E-state index >= 15 is 0 Å². The Labute approximate surface area is 126 Å². The van der Waals surface area contributed by atoms with E-state index in [0.29, 0.717) is 0 Å². The first-order chi connectivity index (χ1) is 10.7. The molecular formula is C18H13NO3. The van der Waals surface area contributed by atoms with Crippen LogP contribution < -0.4 is 5.73 Å². The molecule has 0 fully saturated rings. The maximum Gasteiger partial charge on any atom is 0.247 e. The Morgan fingerprint density at radius 1 is 0.955 bits per heavy atom. The van der Waals surface area contributed by atoms with Gasteiger partial charge in [0.2, 0.25) is 17.4 Å². The van der Waals surface area contributed by atoms with E-state index in [0.717, 1.165) is 27.1 Å².